The highest BCUT2D eigenvalue weighted by molar-refractivity contribution is 9.09. The molecule has 2 rings (SSSR count). The molecule has 2 saturated heterocycles. The molecular formula is C12H21BrN2O2. The molecular weight excluding hydrogens is 284 g/mol. The summed E-state index contributed by atoms with van der Waals surface area (Å²) >= 11 is 3.45. The van der Waals surface area contributed by atoms with Crippen molar-refractivity contribution >= 4 is 21.8 Å². The third-order valence-corrected chi connectivity index (χ3v) is 4.13. The van der Waals surface area contributed by atoms with Crippen LogP contribution in [0.2, 0.25) is 0 Å². The number of amides is 1. The van der Waals surface area contributed by atoms with Crippen molar-refractivity contribution in [3.05, 3.63) is 0 Å². The Balaban J connectivity index is 1.82. The lowest BCUT2D eigenvalue weighted by molar-refractivity contribution is -0.138. The third-order valence-electron chi connectivity index (χ3n) is 3.78. The van der Waals surface area contributed by atoms with Gasteiger partial charge in [0.1, 0.15) is 0 Å². The average Bonchev–Trinajstić information content (AvgIpc) is 2.76. The quantitative estimate of drug-likeness (QED) is 0.728. The average molecular weight is 305 g/mol. The zero-order valence-corrected chi connectivity index (χ0v) is 12.0. The number of ether oxygens (including phenoxy) is 1. The molecule has 0 bridgehead atoms. The van der Waals surface area contributed by atoms with Crippen molar-refractivity contribution in [3.63, 3.8) is 0 Å². The zero-order chi connectivity index (χ0) is 12.3. The molecule has 0 N–H and O–H groups in total. The molecule has 1 amide bonds. The second kappa shape index (κ2) is 6.16. The molecule has 98 valence electrons. The van der Waals surface area contributed by atoms with Gasteiger partial charge < -0.3 is 9.64 Å². The number of nitrogens with zero attached hydrogens (tertiary/aromatic N) is 2. The summed E-state index contributed by atoms with van der Waals surface area (Å²) in [6, 6.07) is 0. The van der Waals surface area contributed by atoms with Crippen molar-refractivity contribution in [1.29, 1.82) is 0 Å². The van der Waals surface area contributed by atoms with Crippen LogP contribution in [0.15, 0.2) is 0 Å². The van der Waals surface area contributed by atoms with Gasteiger partial charge in [-0.3, -0.25) is 9.69 Å². The van der Waals surface area contributed by atoms with E-state index < -0.39 is 0 Å². The highest BCUT2D eigenvalue weighted by Crippen LogP contribution is 2.23. The maximum absolute atomic E-state index is 12.3. The maximum atomic E-state index is 12.3. The summed E-state index contributed by atoms with van der Waals surface area (Å²) in [6.45, 7) is 7.56. The largest absolute Gasteiger partial charge is 0.378 e. The van der Waals surface area contributed by atoms with Gasteiger partial charge >= 0.3 is 0 Å². The minimum atomic E-state index is 0.0951. The lowest BCUT2D eigenvalue weighted by Gasteiger charge is -2.36. The molecule has 2 unspecified atom stereocenters. The monoisotopic (exact) mass is 304 g/mol. The van der Waals surface area contributed by atoms with Gasteiger partial charge in [-0.2, -0.15) is 0 Å². The number of carbonyl (C=O) groups is 1. The Morgan fingerprint density at radius 1 is 1.35 bits per heavy atom. The number of piperazine rings is 1. The molecule has 0 aromatic heterocycles. The lowest BCUT2D eigenvalue weighted by Crippen LogP contribution is -2.51. The van der Waals surface area contributed by atoms with Crippen LogP contribution >= 0.6 is 15.9 Å². The molecule has 0 aliphatic carbocycles. The van der Waals surface area contributed by atoms with E-state index in [2.05, 4.69) is 20.8 Å². The Labute approximate surface area is 111 Å². The summed E-state index contributed by atoms with van der Waals surface area (Å²) in [5.74, 6) is 0.395. The minimum Gasteiger partial charge on any atom is -0.378 e. The molecule has 0 aromatic rings. The first-order chi connectivity index (χ1) is 8.22. The summed E-state index contributed by atoms with van der Waals surface area (Å²) in [5.41, 5.74) is 0. The molecule has 0 radical (unpaired) electrons. The van der Waals surface area contributed by atoms with E-state index in [1.807, 2.05) is 11.8 Å². The zero-order valence-electron chi connectivity index (χ0n) is 10.4. The summed E-state index contributed by atoms with van der Waals surface area (Å²) in [4.78, 5) is 16.7. The predicted octanol–water partition coefficient (Wildman–Crippen LogP) is 0.951. The number of carbonyl (C=O) groups excluding carboxylic acids is 1. The lowest BCUT2D eigenvalue weighted by atomic mass is 10.0. The molecule has 2 aliphatic rings. The van der Waals surface area contributed by atoms with Crippen molar-refractivity contribution in [2.24, 2.45) is 5.92 Å². The van der Waals surface area contributed by atoms with Gasteiger partial charge in [0.15, 0.2) is 0 Å². The van der Waals surface area contributed by atoms with E-state index in [9.17, 15) is 4.79 Å². The number of rotatable bonds is 3. The molecule has 0 aromatic carbocycles. The molecule has 0 saturated carbocycles. The van der Waals surface area contributed by atoms with E-state index in [-0.39, 0.29) is 12.0 Å². The van der Waals surface area contributed by atoms with Gasteiger partial charge in [0.2, 0.25) is 5.91 Å². The summed E-state index contributed by atoms with van der Waals surface area (Å²) < 4.78 is 5.47. The first-order valence-corrected chi connectivity index (χ1v) is 7.53. The normalized spacial score (nSPS) is 30.8. The summed E-state index contributed by atoms with van der Waals surface area (Å²) in [6.07, 6.45) is 0.991. The first kappa shape index (κ1) is 13.3. The van der Waals surface area contributed by atoms with Crippen LogP contribution in [0, 0.1) is 5.92 Å². The van der Waals surface area contributed by atoms with Crippen LogP contribution in [-0.4, -0.2) is 66.5 Å². The Kier molecular flexibility index (Phi) is 4.82. The molecule has 2 heterocycles. The van der Waals surface area contributed by atoms with Crippen LogP contribution in [0.3, 0.4) is 0 Å². The third kappa shape index (κ3) is 3.20. The van der Waals surface area contributed by atoms with E-state index in [1.54, 1.807) is 0 Å². The fraction of sp³-hybridized carbons (Fsp3) is 0.917. The summed E-state index contributed by atoms with van der Waals surface area (Å²) in [5, 5.41) is 1.01. The predicted molar refractivity (Wildman–Crippen MR) is 70.3 cm³/mol. The number of hydrogen-bond acceptors (Lipinski definition) is 3. The second-order valence-electron chi connectivity index (χ2n) is 4.83. The van der Waals surface area contributed by atoms with Crippen LogP contribution in [0.4, 0.5) is 0 Å². The van der Waals surface area contributed by atoms with E-state index in [0.29, 0.717) is 5.91 Å². The van der Waals surface area contributed by atoms with Gasteiger partial charge in [0, 0.05) is 44.7 Å². The fourth-order valence-corrected chi connectivity index (χ4v) is 3.10. The molecule has 17 heavy (non-hydrogen) atoms. The molecule has 5 heteroatoms. The van der Waals surface area contributed by atoms with Gasteiger partial charge in [0.25, 0.3) is 0 Å². The van der Waals surface area contributed by atoms with Gasteiger partial charge in [-0.25, -0.2) is 0 Å². The Hall–Kier alpha value is -0.130. The molecule has 2 atom stereocenters. The van der Waals surface area contributed by atoms with Crippen molar-refractivity contribution < 1.29 is 9.53 Å². The highest BCUT2D eigenvalue weighted by atomic mass is 79.9. The Bertz CT molecular complexity index is 267. The van der Waals surface area contributed by atoms with Crippen LogP contribution in [0.1, 0.15) is 13.3 Å². The van der Waals surface area contributed by atoms with E-state index in [0.717, 1.165) is 51.1 Å². The van der Waals surface area contributed by atoms with Gasteiger partial charge in [-0.1, -0.05) is 15.9 Å². The fourth-order valence-electron chi connectivity index (χ4n) is 2.60. The van der Waals surface area contributed by atoms with Crippen LogP contribution < -0.4 is 0 Å². The molecule has 2 fully saturated rings. The Morgan fingerprint density at radius 3 is 2.59 bits per heavy atom. The summed E-state index contributed by atoms with van der Waals surface area (Å²) in [7, 11) is 0. The van der Waals surface area contributed by atoms with Crippen molar-refractivity contribution in [2.45, 2.75) is 19.4 Å². The van der Waals surface area contributed by atoms with Crippen molar-refractivity contribution in [1.82, 2.24) is 9.80 Å². The molecule has 4 nitrogen and oxygen atoms in total. The Morgan fingerprint density at radius 2 is 2.06 bits per heavy atom. The van der Waals surface area contributed by atoms with Gasteiger partial charge in [-0.15, -0.1) is 0 Å². The number of halogens is 1. The van der Waals surface area contributed by atoms with E-state index >= 15 is 0 Å². The van der Waals surface area contributed by atoms with E-state index in [1.165, 1.54) is 0 Å². The van der Waals surface area contributed by atoms with Crippen molar-refractivity contribution in [2.75, 3.05) is 44.7 Å². The highest BCUT2D eigenvalue weighted by Gasteiger charge is 2.34. The number of hydrogen-bond donors (Lipinski definition) is 0. The minimum absolute atomic E-state index is 0.0951. The van der Waals surface area contributed by atoms with E-state index in [4.69, 9.17) is 4.74 Å². The molecule has 2 aliphatic heterocycles. The topological polar surface area (TPSA) is 32.8 Å². The van der Waals surface area contributed by atoms with Gasteiger partial charge in [0.05, 0.1) is 12.0 Å². The second-order valence-corrected chi connectivity index (χ2v) is 5.62. The smallest absolute Gasteiger partial charge is 0.228 e. The maximum Gasteiger partial charge on any atom is 0.228 e. The first-order valence-electron chi connectivity index (χ1n) is 6.41. The van der Waals surface area contributed by atoms with Crippen molar-refractivity contribution in [3.8, 4) is 0 Å². The number of alkyl halides is 1. The standard InChI is InChI=1S/C12H21BrN2O2/c1-10-11(2-9-17-10)12(16)15-7-5-14(4-3-13)6-8-15/h10-11H,2-9H2,1H3. The van der Waals surface area contributed by atoms with Crippen LogP contribution in [0.25, 0.3) is 0 Å². The molecule has 0 spiro atoms. The SMILES string of the molecule is CC1OCCC1C(=O)N1CCN(CCBr)CC1. The van der Waals surface area contributed by atoms with Crippen LogP contribution in [-0.2, 0) is 9.53 Å². The van der Waals surface area contributed by atoms with Crippen LogP contribution in [0.5, 0.6) is 0 Å². The van der Waals surface area contributed by atoms with Gasteiger partial charge in [-0.05, 0) is 13.3 Å².